The van der Waals surface area contributed by atoms with E-state index >= 15 is 0 Å². The van der Waals surface area contributed by atoms with Crippen LogP contribution >= 0.6 is 0 Å². The van der Waals surface area contributed by atoms with Gasteiger partial charge in [-0.25, -0.2) is 9.59 Å². The smallest absolute Gasteiger partial charge is 0.339 e. The first-order valence-corrected chi connectivity index (χ1v) is 7.95. The predicted octanol–water partition coefficient (Wildman–Crippen LogP) is 0.580. The minimum Gasteiger partial charge on any atom is -0.504 e. The Labute approximate surface area is 164 Å². The summed E-state index contributed by atoms with van der Waals surface area (Å²) < 4.78 is 4.63. The number of benzene rings is 2. The van der Waals surface area contributed by atoms with E-state index in [2.05, 4.69) is 4.74 Å². The zero-order valence-corrected chi connectivity index (χ0v) is 15.1. The van der Waals surface area contributed by atoms with Gasteiger partial charge in [0.25, 0.3) is 0 Å². The van der Waals surface area contributed by atoms with Gasteiger partial charge in [0, 0.05) is 0 Å². The van der Waals surface area contributed by atoms with Gasteiger partial charge in [0.15, 0.2) is 23.0 Å². The van der Waals surface area contributed by atoms with Gasteiger partial charge in [-0.1, -0.05) is 12.1 Å². The molecular formula is C18H22O11. The number of aromatic carboxylic acids is 2. The highest BCUT2D eigenvalue weighted by Crippen LogP contribution is 2.28. The first-order valence-electron chi connectivity index (χ1n) is 7.95. The number of ether oxygens (including phenoxy) is 1. The van der Waals surface area contributed by atoms with Gasteiger partial charge in [0.2, 0.25) is 0 Å². The Hall–Kier alpha value is -3.54. The normalized spacial score (nSPS) is 9.45. The molecule has 0 spiro atoms. The van der Waals surface area contributed by atoms with Crippen LogP contribution in [0.2, 0.25) is 0 Å². The molecule has 0 unspecified atom stereocenters. The molecule has 0 bridgehead atoms. The number of carboxylic acid groups (broad SMARTS) is 2. The SMILES string of the molecule is O=C(O)c1cccc(O)c1O.O=C(O)c1cccc(O)c1O.OCCOCCO. The average Bonchev–Trinajstić information content (AvgIpc) is 2.67. The molecule has 0 atom stereocenters. The lowest BCUT2D eigenvalue weighted by atomic mass is 10.2. The number of phenolic OH excluding ortho intramolecular Hbond substituents is 2. The molecule has 2 rings (SSSR count). The molecule has 0 heterocycles. The lowest BCUT2D eigenvalue weighted by Crippen LogP contribution is -2.03. The molecule has 0 aliphatic heterocycles. The highest BCUT2D eigenvalue weighted by atomic mass is 16.5. The van der Waals surface area contributed by atoms with Gasteiger partial charge in [-0.05, 0) is 24.3 Å². The van der Waals surface area contributed by atoms with Crippen molar-refractivity contribution in [3.8, 4) is 23.0 Å². The topological polar surface area (TPSA) is 205 Å². The number of rotatable bonds is 6. The zero-order chi connectivity index (χ0) is 22.4. The van der Waals surface area contributed by atoms with Gasteiger partial charge < -0.3 is 45.6 Å². The summed E-state index contributed by atoms with van der Waals surface area (Å²) in [4.78, 5) is 20.6. The third-order valence-electron chi connectivity index (χ3n) is 2.96. The van der Waals surface area contributed by atoms with Gasteiger partial charge in [-0.15, -0.1) is 0 Å². The number of carboxylic acids is 2. The van der Waals surface area contributed by atoms with Crippen LogP contribution in [0.25, 0.3) is 0 Å². The van der Waals surface area contributed by atoms with Crippen molar-refractivity contribution < 1.29 is 55.2 Å². The minimum absolute atomic E-state index is 0.0278. The Kier molecular flexibility index (Phi) is 11.9. The molecule has 11 nitrogen and oxygen atoms in total. The summed E-state index contributed by atoms with van der Waals surface area (Å²) in [5.41, 5.74) is -0.602. The molecule has 0 aliphatic carbocycles. The van der Waals surface area contributed by atoms with E-state index < -0.39 is 34.9 Å². The van der Waals surface area contributed by atoms with Gasteiger partial charge >= 0.3 is 11.9 Å². The maximum atomic E-state index is 10.3. The molecule has 160 valence electrons. The first-order chi connectivity index (χ1) is 13.7. The fourth-order valence-corrected chi connectivity index (χ4v) is 1.64. The van der Waals surface area contributed by atoms with E-state index in [1.54, 1.807) is 0 Å². The van der Waals surface area contributed by atoms with Crippen LogP contribution in [0, 0.1) is 0 Å². The molecule has 2 aromatic carbocycles. The van der Waals surface area contributed by atoms with Crippen LogP contribution in [-0.4, -0.2) is 79.2 Å². The summed E-state index contributed by atoms with van der Waals surface area (Å²) in [5, 5.41) is 68.6. The Balaban J connectivity index is 0.000000419. The van der Waals surface area contributed by atoms with Crippen molar-refractivity contribution in [2.24, 2.45) is 0 Å². The molecule has 0 aromatic heterocycles. The largest absolute Gasteiger partial charge is 0.504 e. The van der Waals surface area contributed by atoms with Crippen LogP contribution in [-0.2, 0) is 4.74 Å². The van der Waals surface area contributed by atoms with Crippen LogP contribution < -0.4 is 0 Å². The van der Waals surface area contributed by atoms with Crippen molar-refractivity contribution in [3.05, 3.63) is 47.5 Å². The van der Waals surface area contributed by atoms with Gasteiger partial charge in [-0.3, -0.25) is 0 Å². The molecule has 0 saturated heterocycles. The second kappa shape index (κ2) is 13.6. The fourth-order valence-electron chi connectivity index (χ4n) is 1.64. The maximum absolute atomic E-state index is 10.3. The number of aliphatic hydroxyl groups is 2. The van der Waals surface area contributed by atoms with E-state index in [-0.39, 0.29) is 24.3 Å². The number of para-hydroxylation sites is 2. The fraction of sp³-hybridized carbons (Fsp3) is 0.222. The lowest BCUT2D eigenvalue weighted by molar-refractivity contribution is 0.0650. The first kappa shape index (κ1) is 25.5. The molecule has 11 heteroatoms. The second-order valence-corrected chi connectivity index (χ2v) is 5.02. The van der Waals surface area contributed by atoms with E-state index in [0.717, 1.165) is 0 Å². The summed E-state index contributed by atoms with van der Waals surface area (Å²) in [6.07, 6.45) is 0. The summed E-state index contributed by atoms with van der Waals surface area (Å²) >= 11 is 0. The van der Waals surface area contributed by atoms with Gasteiger partial charge in [0.1, 0.15) is 11.1 Å². The second-order valence-electron chi connectivity index (χ2n) is 5.02. The quantitative estimate of drug-likeness (QED) is 0.242. The van der Waals surface area contributed by atoms with E-state index in [0.29, 0.717) is 13.2 Å². The van der Waals surface area contributed by atoms with Crippen molar-refractivity contribution in [3.63, 3.8) is 0 Å². The maximum Gasteiger partial charge on any atom is 0.339 e. The zero-order valence-electron chi connectivity index (χ0n) is 15.1. The Bertz CT molecular complexity index is 724. The highest BCUT2D eigenvalue weighted by Gasteiger charge is 2.12. The minimum atomic E-state index is -1.27. The molecule has 0 aliphatic rings. The number of aliphatic hydroxyl groups excluding tert-OH is 2. The van der Waals surface area contributed by atoms with E-state index in [1.807, 2.05) is 0 Å². The summed E-state index contributed by atoms with van der Waals surface area (Å²) in [5.74, 6) is -4.58. The third-order valence-corrected chi connectivity index (χ3v) is 2.96. The van der Waals surface area contributed by atoms with Crippen molar-refractivity contribution in [2.45, 2.75) is 0 Å². The summed E-state index contributed by atoms with van der Waals surface area (Å²) in [6.45, 7) is 0.696. The number of carbonyl (C=O) groups is 2. The standard InChI is InChI=1S/2C7H6O4.C4H10O3/c2*8-5-3-1-2-4(6(5)9)7(10)11;5-1-3-7-4-2-6/h2*1-3,8-9H,(H,10,11);5-6H,1-4H2. The van der Waals surface area contributed by atoms with Crippen molar-refractivity contribution in [1.29, 1.82) is 0 Å². The third kappa shape index (κ3) is 9.28. The predicted molar refractivity (Wildman–Crippen MR) is 98.5 cm³/mol. The molecule has 0 fully saturated rings. The van der Waals surface area contributed by atoms with Crippen LogP contribution in [0.15, 0.2) is 36.4 Å². The highest BCUT2D eigenvalue weighted by molar-refractivity contribution is 5.92. The van der Waals surface area contributed by atoms with Crippen molar-refractivity contribution in [1.82, 2.24) is 0 Å². The molecule has 2 aromatic rings. The van der Waals surface area contributed by atoms with E-state index in [9.17, 15) is 9.59 Å². The van der Waals surface area contributed by atoms with Crippen LogP contribution in [0.5, 0.6) is 23.0 Å². The Morgan fingerprint density at radius 3 is 1.28 bits per heavy atom. The molecule has 0 saturated carbocycles. The van der Waals surface area contributed by atoms with Crippen molar-refractivity contribution in [2.75, 3.05) is 26.4 Å². The van der Waals surface area contributed by atoms with Crippen LogP contribution in [0.1, 0.15) is 20.7 Å². The molecule has 0 radical (unpaired) electrons. The average molecular weight is 414 g/mol. The molecule has 0 amide bonds. The van der Waals surface area contributed by atoms with Crippen LogP contribution in [0.3, 0.4) is 0 Å². The molecular weight excluding hydrogens is 392 g/mol. The monoisotopic (exact) mass is 414 g/mol. The molecule has 29 heavy (non-hydrogen) atoms. The van der Waals surface area contributed by atoms with E-state index in [4.69, 9.17) is 40.9 Å². The Morgan fingerprint density at radius 1 is 0.690 bits per heavy atom. The lowest BCUT2D eigenvalue weighted by Gasteiger charge is -1.99. The Morgan fingerprint density at radius 2 is 1.03 bits per heavy atom. The number of hydrogen-bond donors (Lipinski definition) is 8. The van der Waals surface area contributed by atoms with Crippen LogP contribution in [0.4, 0.5) is 0 Å². The summed E-state index contributed by atoms with van der Waals surface area (Å²) in [7, 11) is 0. The van der Waals surface area contributed by atoms with Gasteiger partial charge in [-0.2, -0.15) is 0 Å². The number of aromatic hydroxyl groups is 4. The number of phenols is 4. The number of hydrogen-bond acceptors (Lipinski definition) is 9. The molecule has 8 N–H and O–H groups in total. The van der Waals surface area contributed by atoms with Gasteiger partial charge in [0.05, 0.1) is 26.4 Å². The van der Waals surface area contributed by atoms with E-state index in [1.165, 1.54) is 36.4 Å². The summed E-state index contributed by atoms with van der Waals surface area (Å²) in [6, 6.07) is 7.52. The van der Waals surface area contributed by atoms with Crippen molar-refractivity contribution >= 4 is 11.9 Å².